The summed E-state index contributed by atoms with van der Waals surface area (Å²) in [6.45, 7) is 5.58. The van der Waals surface area contributed by atoms with Crippen molar-refractivity contribution >= 4 is 0 Å². The van der Waals surface area contributed by atoms with Crippen molar-refractivity contribution in [1.82, 2.24) is 0 Å². The fraction of sp³-hybridized carbons (Fsp3) is 0.125. The lowest BCUT2D eigenvalue weighted by molar-refractivity contribution is 1.48. The molecule has 1 aromatic carbocycles. The average Bonchev–Trinajstić information content (AvgIpc) is 1.94. The molecule has 0 aliphatic rings. The quantitative estimate of drug-likeness (QED) is 0.513. The molecule has 0 aliphatic heterocycles. The van der Waals surface area contributed by atoms with E-state index in [-0.39, 0.29) is 0 Å². The Morgan fingerprint density at radius 2 is 1.56 bits per heavy atom. The second-order valence-electron chi connectivity index (χ2n) is 1.65. The van der Waals surface area contributed by atoms with Crippen molar-refractivity contribution < 1.29 is 0 Å². The molecule has 0 fully saturated rings. The van der Waals surface area contributed by atoms with Gasteiger partial charge in [0, 0.05) is 6.57 Å². The van der Waals surface area contributed by atoms with Crippen molar-refractivity contribution in [3.05, 3.63) is 35.9 Å². The minimum absolute atomic E-state index is 1.32. The molecule has 0 aliphatic carbocycles. The fourth-order valence-corrected chi connectivity index (χ4v) is 0.534. The van der Waals surface area contributed by atoms with E-state index in [4.69, 9.17) is 5.26 Å². The van der Waals surface area contributed by atoms with Crippen LogP contribution >= 0.6 is 0 Å². The molecule has 1 rings (SSSR count). The maximum atomic E-state index is 6.50. The first-order valence-electron chi connectivity index (χ1n) is 2.67. The number of aryl methyl sites for hydroxylation is 1. The number of rotatable bonds is 0. The molecule has 46 valence electrons. The summed E-state index contributed by atoms with van der Waals surface area (Å²) in [5.74, 6) is 0. The third kappa shape index (κ3) is 3.31. The van der Waals surface area contributed by atoms with Crippen LogP contribution in [-0.4, -0.2) is 0 Å². The Balaban J connectivity index is 0.000000291. The SMILES string of the molecule is C#N.Cc1ccccc1. The molecule has 0 saturated heterocycles. The number of hydrogen-bond acceptors (Lipinski definition) is 1. The van der Waals surface area contributed by atoms with E-state index < -0.39 is 0 Å². The van der Waals surface area contributed by atoms with Crippen molar-refractivity contribution in [3.8, 4) is 6.57 Å². The standard InChI is InChI=1S/C7H8.CHN/c1-7-5-3-2-4-6-7;1-2/h2-6H,1H3;1H. The first kappa shape index (κ1) is 7.71. The van der Waals surface area contributed by atoms with Gasteiger partial charge in [0.2, 0.25) is 0 Å². The van der Waals surface area contributed by atoms with Crippen molar-refractivity contribution in [2.75, 3.05) is 0 Å². The molecule has 0 aromatic heterocycles. The molecular formula is C8H9N. The van der Waals surface area contributed by atoms with Gasteiger partial charge in [0.25, 0.3) is 0 Å². The molecule has 0 heterocycles. The Kier molecular flexibility index (Phi) is 4.16. The Hall–Kier alpha value is -1.29. The van der Waals surface area contributed by atoms with Crippen LogP contribution in [0.25, 0.3) is 0 Å². The molecule has 0 unspecified atom stereocenters. The lowest BCUT2D eigenvalue weighted by atomic mass is 10.2. The zero-order valence-corrected chi connectivity index (χ0v) is 5.41. The van der Waals surface area contributed by atoms with Gasteiger partial charge in [-0.25, -0.2) is 5.26 Å². The van der Waals surface area contributed by atoms with Crippen LogP contribution in [0.4, 0.5) is 0 Å². The van der Waals surface area contributed by atoms with Crippen LogP contribution in [0, 0.1) is 18.8 Å². The van der Waals surface area contributed by atoms with Crippen LogP contribution in [0.2, 0.25) is 0 Å². The van der Waals surface area contributed by atoms with Crippen LogP contribution in [-0.2, 0) is 0 Å². The minimum atomic E-state index is 1.32. The second kappa shape index (κ2) is 4.86. The number of nitriles is 1. The minimum Gasteiger partial charge on any atom is -0.202 e. The Bertz CT molecular complexity index is 164. The fourth-order valence-electron chi connectivity index (χ4n) is 0.534. The van der Waals surface area contributed by atoms with E-state index in [1.54, 1.807) is 0 Å². The molecule has 9 heavy (non-hydrogen) atoms. The van der Waals surface area contributed by atoms with E-state index >= 15 is 0 Å². The molecule has 0 bridgehead atoms. The van der Waals surface area contributed by atoms with Crippen molar-refractivity contribution in [1.29, 1.82) is 5.26 Å². The number of hydrogen-bond donors (Lipinski definition) is 0. The summed E-state index contributed by atoms with van der Waals surface area (Å²) in [5, 5.41) is 6.50. The highest BCUT2D eigenvalue weighted by atomic mass is 14.2. The van der Waals surface area contributed by atoms with Gasteiger partial charge in [0.1, 0.15) is 0 Å². The summed E-state index contributed by atoms with van der Waals surface area (Å²) in [6, 6.07) is 10.3. The molecule has 0 spiro atoms. The van der Waals surface area contributed by atoms with Gasteiger partial charge in [-0.15, -0.1) is 0 Å². The first-order chi connectivity index (χ1) is 4.39. The lowest BCUT2D eigenvalue weighted by Crippen LogP contribution is -1.62. The second-order valence-corrected chi connectivity index (χ2v) is 1.65. The van der Waals surface area contributed by atoms with Crippen molar-refractivity contribution in [3.63, 3.8) is 0 Å². The van der Waals surface area contributed by atoms with Gasteiger partial charge >= 0.3 is 0 Å². The maximum Gasteiger partial charge on any atom is 0.0462 e. The van der Waals surface area contributed by atoms with Crippen LogP contribution < -0.4 is 0 Å². The predicted octanol–water partition coefficient (Wildman–Crippen LogP) is 2.13. The molecule has 1 nitrogen and oxygen atoms in total. The smallest absolute Gasteiger partial charge is 0.0462 e. The summed E-state index contributed by atoms with van der Waals surface area (Å²) in [5.41, 5.74) is 1.32. The molecule has 0 atom stereocenters. The lowest BCUT2D eigenvalue weighted by Gasteiger charge is -1.82. The van der Waals surface area contributed by atoms with E-state index in [1.165, 1.54) is 5.56 Å². The van der Waals surface area contributed by atoms with E-state index in [0.717, 1.165) is 0 Å². The Labute approximate surface area is 55.6 Å². The van der Waals surface area contributed by atoms with E-state index in [2.05, 4.69) is 25.6 Å². The van der Waals surface area contributed by atoms with Gasteiger partial charge in [-0.3, -0.25) is 0 Å². The molecule has 1 aromatic rings. The van der Waals surface area contributed by atoms with Crippen molar-refractivity contribution in [2.45, 2.75) is 6.92 Å². The summed E-state index contributed by atoms with van der Waals surface area (Å²) in [7, 11) is 0. The van der Waals surface area contributed by atoms with Crippen LogP contribution in [0.5, 0.6) is 0 Å². The van der Waals surface area contributed by atoms with Crippen molar-refractivity contribution in [2.24, 2.45) is 0 Å². The zero-order valence-electron chi connectivity index (χ0n) is 5.41. The molecular weight excluding hydrogens is 110 g/mol. The Morgan fingerprint density at radius 1 is 1.11 bits per heavy atom. The summed E-state index contributed by atoms with van der Waals surface area (Å²) < 4.78 is 0. The third-order valence-electron chi connectivity index (χ3n) is 0.940. The van der Waals surface area contributed by atoms with Gasteiger partial charge in [-0.2, -0.15) is 0 Å². The van der Waals surface area contributed by atoms with E-state index in [9.17, 15) is 0 Å². The summed E-state index contributed by atoms with van der Waals surface area (Å²) >= 11 is 0. The molecule has 0 amide bonds. The molecule has 0 saturated carbocycles. The average molecular weight is 119 g/mol. The highest BCUT2D eigenvalue weighted by Gasteiger charge is 1.72. The van der Waals surface area contributed by atoms with Gasteiger partial charge in [0.15, 0.2) is 0 Å². The zero-order chi connectivity index (χ0) is 7.11. The first-order valence-corrected chi connectivity index (χ1v) is 2.67. The monoisotopic (exact) mass is 119 g/mol. The van der Waals surface area contributed by atoms with Gasteiger partial charge in [0.05, 0.1) is 0 Å². The highest BCUT2D eigenvalue weighted by Crippen LogP contribution is 1.92. The van der Waals surface area contributed by atoms with Crippen LogP contribution in [0.15, 0.2) is 30.3 Å². The van der Waals surface area contributed by atoms with Crippen LogP contribution in [0.1, 0.15) is 5.56 Å². The van der Waals surface area contributed by atoms with E-state index in [1.807, 2.05) is 18.2 Å². The predicted molar refractivity (Wildman–Crippen MR) is 37.8 cm³/mol. The maximum absolute atomic E-state index is 6.50. The molecule has 1 heteroatoms. The van der Waals surface area contributed by atoms with E-state index in [0.29, 0.717) is 0 Å². The third-order valence-corrected chi connectivity index (χ3v) is 0.940. The Morgan fingerprint density at radius 3 is 1.78 bits per heavy atom. The highest BCUT2D eigenvalue weighted by molar-refractivity contribution is 5.11. The summed E-state index contributed by atoms with van der Waals surface area (Å²) in [6.07, 6.45) is 0. The van der Waals surface area contributed by atoms with Gasteiger partial charge in [-0.05, 0) is 6.92 Å². The summed E-state index contributed by atoms with van der Waals surface area (Å²) in [4.78, 5) is 0. The number of benzene rings is 1. The normalized spacial score (nSPS) is 7.00. The molecule has 0 N–H and O–H groups in total. The van der Waals surface area contributed by atoms with Crippen LogP contribution in [0.3, 0.4) is 0 Å². The van der Waals surface area contributed by atoms with Gasteiger partial charge in [-0.1, -0.05) is 35.9 Å². The topological polar surface area (TPSA) is 23.8 Å². The van der Waals surface area contributed by atoms with Gasteiger partial charge < -0.3 is 0 Å². The largest absolute Gasteiger partial charge is 0.202 e. The molecule has 0 radical (unpaired) electrons. The number of nitrogens with zero attached hydrogens (tertiary/aromatic N) is 1.